The van der Waals surface area contributed by atoms with Crippen LogP contribution in [0.15, 0.2) is 91.0 Å². The molecule has 2 N–H and O–H groups in total. The van der Waals surface area contributed by atoms with Crippen molar-refractivity contribution in [3.05, 3.63) is 119 Å². The highest BCUT2D eigenvalue weighted by atomic mass is 16.4. The Morgan fingerprint density at radius 2 is 1.50 bits per heavy atom. The minimum Gasteiger partial charge on any atom is -0.480 e. The van der Waals surface area contributed by atoms with Crippen molar-refractivity contribution in [1.29, 1.82) is 0 Å². The van der Waals surface area contributed by atoms with Gasteiger partial charge in [-0.1, -0.05) is 78.9 Å². The number of anilines is 1. The Morgan fingerprint density at radius 1 is 0.889 bits per heavy atom. The van der Waals surface area contributed by atoms with E-state index in [1.54, 1.807) is 53.1 Å². The fourth-order valence-electron chi connectivity index (χ4n) is 4.42. The van der Waals surface area contributed by atoms with E-state index in [0.717, 1.165) is 5.56 Å². The second-order valence-corrected chi connectivity index (χ2v) is 8.58. The molecule has 1 aromatic heterocycles. The molecule has 1 aliphatic rings. The minimum absolute atomic E-state index is 0.00371. The minimum atomic E-state index is -1.13. The van der Waals surface area contributed by atoms with E-state index < -0.39 is 18.0 Å². The van der Waals surface area contributed by atoms with E-state index in [2.05, 4.69) is 10.3 Å². The number of para-hydroxylation sites is 1. The molecule has 0 spiro atoms. The average Bonchev–Trinajstić information content (AvgIpc) is 3.26. The highest BCUT2D eigenvalue weighted by Gasteiger charge is 2.38. The number of aromatic nitrogens is 2. The van der Waals surface area contributed by atoms with Crippen molar-refractivity contribution in [2.45, 2.75) is 25.6 Å². The Morgan fingerprint density at radius 3 is 2.14 bits per heavy atom. The normalized spacial score (nSPS) is 14.7. The van der Waals surface area contributed by atoms with Gasteiger partial charge in [0, 0.05) is 24.2 Å². The third kappa shape index (κ3) is 4.61. The van der Waals surface area contributed by atoms with E-state index in [9.17, 15) is 19.5 Å². The first kappa shape index (κ1) is 23.0. The molecule has 36 heavy (non-hydrogen) atoms. The molecule has 0 saturated carbocycles. The summed E-state index contributed by atoms with van der Waals surface area (Å²) in [6.45, 7) is 0.371. The van der Waals surface area contributed by atoms with Crippen LogP contribution in [-0.2, 0) is 24.3 Å². The molecule has 8 nitrogen and oxygen atoms in total. The first-order chi connectivity index (χ1) is 17.5. The van der Waals surface area contributed by atoms with Crippen molar-refractivity contribution < 1.29 is 19.5 Å². The van der Waals surface area contributed by atoms with Crippen LogP contribution in [-0.4, -0.2) is 43.4 Å². The third-order valence-corrected chi connectivity index (χ3v) is 6.23. The quantitative estimate of drug-likeness (QED) is 0.403. The molecular formula is C28H24N4O4. The van der Waals surface area contributed by atoms with Gasteiger partial charge >= 0.3 is 12.0 Å². The zero-order chi connectivity index (χ0) is 25.1. The Kier molecular flexibility index (Phi) is 6.32. The molecule has 8 heteroatoms. The number of urea groups is 1. The SMILES string of the molecule is O=C(c1ccccc1)c1nc2c(n1Cc1ccccc1)CN(C(=O)Nc1ccccc1)C(C(=O)O)C2. The number of carbonyl (C=O) groups excluding carboxylic acids is 2. The molecule has 1 atom stereocenters. The number of ketones is 1. The van der Waals surface area contributed by atoms with Crippen LogP contribution in [0, 0.1) is 0 Å². The zero-order valence-electron chi connectivity index (χ0n) is 19.4. The number of fused-ring (bicyclic) bond motifs is 1. The summed E-state index contributed by atoms with van der Waals surface area (Å²) in [4.78, 5) is 44.7. The summed E-state index contributed by atoms with van der Waals surface area (Å²) in [6.07, 6.45) is 0.00371. The Labute approximate surface area is 207 Å². The maximum absolute atomic E-state index is 13.5. The molecule has 1 unspecified atom stereocenters. The number of carbonyl (C=O) groups is 3. The number of carboxylic acids is 1. The number of aliphatic carboxylic acids is 1. The first-order valence-electron chi connectivity index (χ1n) is 11.6. The number of nitrogens with one attached hydrogen (secondary N) is 1. The molecule has 0 fully saturated rings. The molecular weight excluding hydrogens is 456 g/mol. The number of rotatable bonds is 6. The summed E-state index contributed by atoms with van der Waals surface area (Å²) in [6, 6.07) is 25.7. The molecule has 1 aliphatic heterocycles. The number of benzene rings is 3. The van der Waals surface area contributed by atoms with Crippen molar-refractivity contribution in [2.24, 2.45) is 0 Å². The van der Waals surface area contributed by atoms with Gasteiger partial charge in [0.1, 0.15) is 6.04 Å². The highest BCUT2D eigenvalue weighted by molar-refractivity contribution is 6.07. The molecule has 5 rings (SSSR count). The standard InChI is InChI=1S/C28H24N4O4/c33-25(20-12-6-2-7-13-20)26-30-22-16-23(27(34)35)32(28(36)29-21-14-8-3-9-15-21)18-24(22)31(26)17-19-10-4-1-5-11-19/h1-15,23H,16-18H2,(H,29,36)(H,34,35). The summed E-state index contributed by atoms with van der Waals surface area (Å²) in [5.41, 5.74) is 3.18. The monoisotopic (exact) mass is 480 g/mol. The molecule has 0 aliphatic carbocycles. The lowest BCUT2D eigenvalue weighted by Gasteiger charge is -2.33. The summed E-state index contributed by atoms with van der Waals surface area (Å²) in [5.74, 6) is -1.16. The topological polar surface area (TPSA) is 105 Å². The summed E-state index contributed by atoms with van der Waals surface area (Å²) in [7, 11) is 0. The maximum atomic E-state index is 13.5. The predicted molar refractivity (Wildman–Crippen MR) is 134 cm³/mol. The number of imidazole rings is 1. The summed E-state index contributed by atoms with van der Waals surface area (Å²) >= 11 is 0. The van der Waals surface area contributed by atoms with Crippen LogP contribution in [0.5, 0.6) is 0 Å². The second-order valence-electron chi connectivity index (χ2n) is 8.58. The third-order valence-electron chi connectivity index (χ3n) is 6.23. The van der Waals surface area contributed by atoms with E-state index in [4.69, 9.17) is 0 Å². The second kappa shape index (κ2) is 9.87. The fraction of sp³-hybridized carbons (Fsp3) is 0.143. The van der Waals surface area contributed by atoms with E-state index in [0.29, 0.717) is 29.2 Å². The van der Waals surface area contributed by atoms with Crippen molar-refractivity contribution in [2.75, 3.05) is 5.32 Å². The zero-order valence-corrected chi connectivity index (χ0v) is 19.4. The van der Waals surface area contributed by atoms with Crippen molar-refractivity contribution in [3.8, 4) is 0 Å². The largest absolute Gasteiger partial charge is 0.480 e. The number of carboxylic acid groups (broad SMARTS) is 1. The average molecular weight is 481 g/mol. The van der Waals surface area contributed by atoms with E-state index >= 15 is 0 Å². The van der Waals surface area contributed by atoms with Gasteiger partial charge in [-0.15, -0.1) is 0 Å². The van der Waals surface area contributed by atoms with Crippen molar-refractivity contribution >= 4 is 23.5 Å². The van der Waals surface area contributed by atoms with E-state index in [1.807, 2.05) is 42.5 Å². The molecule has 2 heterocycles. The van der Waals surface area contributed by atoms with Gasteiger partial charge in [0.2, 0.25) is 5.78 Å². The molecule has 180 valence electrons. The predicted octanol–water partition coefficient (Wildman–Crippen LogP) is 4.21. The van der Waals surface area contributed by atoms with E-state index in [1.165, 1.54) is 4.90 Å². The van der Waals surface area contributed by atoms with Crippen LogP contribution < -0.4 is 5.32 Å². The number of hydrogen-bond donors (Lipinski definition) is 2. The summed E-state index contributed by atoms with van der Waals surface area (Å²) < 4.78 is 1.81. The number of amides is 2. The van der Waals surface area contributed by atoms with Gasteiger partial charge in [-0.05, 0) is 17.7 Å². The van der Waals surface area contributed by atoms with Crippen LogP contribution in [0.2, 0.25) is 0 Å². The van der Waals surface area contributed by atoms with Gasteiger partial charge < -0.3 is 19.9 Å². The van der Waals surface area contributed by atoms with Gasteiger partial charge in [-0.3, -0.25) is 4.79 Å². The van der Waals surface area contributed by atoms with Gasteiger partial charge in [0.05, 0.1) is 17.9 Å². The van der Waals surface area contributed by atoms with E-state index in [-0.39, 0.29) is 24.6 Å². The molecule has 2 amide bonds. The van der Waals surface area contributed by atoms with Gasteiger partial charge in [0.15, 0.2) is 5.82 Å². The molecule has 0 saturated heterocycles. The lowest BCUT2D eigenvalue weighted by molar-refractivity contribution is -0.142. The van der Waals surface area contributed by atoms with Crippen LogP contribution in [0.4, 0.5) is 10.5 Å². The van der Waals surface area contributed by atoms with Crippen molar-refractivity contribution in [3.63, 3.8) is 0 Å². The van der Waals surface area contributed by atoms with Gasteiger partial charge in [-0.25, -0.2) is 14.6 Å². The highest BCUT2D eigenvalue weighted by Crippen LogP contribution is 2.27. The van der Waals surface area contributed by atoms with Crippen LogP contribution in [0.1, 0.15) is 33.1 Å². The fourth-order valence-corrected chi connectivity index (χ4v) is 4.42. The number of hydrogen-bond acceptors (Lipinski definition) is 4. The molecule has 3 aromatic carbocycles. The lowest BCUT2D eigenvalue weighted by atomic mass is 10.0. The Hall–Kier alpha value is -4.72. The number of nitrogens with zero attached hydrogens (tertiary/aromatic N) is 3. The van der Waals surface area contributed by atoms with Crippen LogP contribution in [0.25, 0.3) is 0 Å². The van der Waals surface area contributed by atoms with Gasteiger partial charge in [0.25, 0.3) is 0 Å². The van der Waals surface area contributed by atoms with Crippen LogP contribution >= 0.6 is 0 Å². The smallest absolute Gasteiger partial charge is 0.326 e. The maximum Gasteiger partial charge on any atom is 0.326 e. The Bertz CT molecular complexity index is 1400. The molecule has 0 radical (unpaired) electrons. The first-order valence-corrected chi connectivity index (χ1v) is 11.6. The van der Waals surface area contributed by atoms with Gasteiger partial charge in [-0.2, -0.15) is 0 Å². The molecule has 4 aromatic rings. The summed E-state index contributed by atoms with van der Waals surface area (Å²) in [5, 5.41) is 12.7. The van der Waals surface area contributed by atoms with Crippen LogP contribution in [0.3, 0.4) is 0 Å². The lowest BCUT2D eigenvalue weighted by Crippen LogP contribution is -2.50. The Balaban J connectivity index is 1.55. The van der Waals surface area contributed by atoms with Crippen molar-refractivity contribution in [1.82, 2.24) is 14.5 Å². The molecule has 0 bridgehead atoms.